The molecule has 1 N–H and O–H groups in total. The third-order valence-electron chi connectivity index (χ3n) is 3.94. The van der Waals surface area contributed by atoms with Crippen LogP contribution in [0.3, 0.4) is 0 Å². The second kappa shape index (κ2) is 6.53. The SMILES string of the molecule is CCC1CCCC(NCc2ccc(Cl)c(F)c2)C1. The Kier molecular flexibility index (Phi) is 5.02. The summed E-state index contributed by atoms with van der Waals surface area (Å²) in [4.78, 5) is 0. The highest BCUT2D eigenvalue weighted by molar-refractivity contribution is 6.30. The molecular formula is C15H21ClFN. The van der Waals surface area contributed by atoms with Crippen LogP contribution in [0.4, 0.5) is 4.39 Å². The van der Waals surface area contributed by atoms with Gasteiger partial charge in [0.05, 0.1) is 5.02 Å². The van der Waals surface area contributed by atoms with Crippen molar-refractivity contribution >= 4 is 11.6 Å². The monoisotopic (exact) mass is 269 g/mol. The molecule has 3 heteroatoms. The summed E-state index contributed by atoms with van der Waals surface area (Å²) < 4.78 is 13.3. The number of halogens is 2. The first-order valence-electron chi connectivity index (χ1n) is 6.86. The Labute approximate surface area is 114 Å². The average molecular weight is 270 g/mol. The summed E-state index contributed by atoms with van der Waals surface area (Å²) >= 11 is 5.67. The summed E-state index contributed by atoms with van der Waals surface area (Å²) in [6.45, 7) is 3.00. The smallest absolute Gasteiger partial charge is 0.142 e. The van der Waals surface area contributed by atoms with Crippen molar-refractivity contribution in [1.82, 2.24) is 5.32 Å². The first-order chi connectivity index (χ1) is 8.69. The third-order valence-corrected chi connectivity index (χ3v) is 4.25. The van der Waals surface area contributed by atoms with Crippen molar-refractivity contribution in [2.45, 2.75) is 51.6 Å². The highest BCUT2D eigenvalue weighted by Crippen LogP contribution is 2.26. The summed E-state index contributed by atoms with van der Waals surface area (Å²) in [5.41, 5.74) is 0.968. The van der Waals surface area contributed by atoms with E-state index in [-0.39, 0.29) is 10.8 Å². The molecule has 1 aromatic carbocycles. The van der Waals surface area contributed by atoms with Crippen LogP contribution < -0.4 is 5.32 Å². The first kappa shape index (κ1) is 13.8. The van der Waals surface area contributed by atoms with Crippen LogP contribution in [0, 0.1) is 11.7 Å². The van der Waals surface area contributed by atoms with E-state index in [4.69, 9.17) is 11.6 Å². The number of nitrogens with one attached hydrogen (secondary N) is 1. The van der Waals surface area contributed by atoms with Crippen LogP contribution in [0.1, 0.15) is 44.6 Å². The van der Waals surface area contributed by atoms with Crippen LogP contribution >= 0.6 is 11.6 Å². The van der Waals surface area contributed by atoms with Gasteiger partial charge in [0, 0.05) is 12.6 Å². The molecule has 0 spiro atoms. The maximum Gasteiger partial charge on any atom is 0.142 e. The van der Waals surface area contributed by atoms with E-state index in [1.807, 2.05) is 6.07 Å². The Morgan fingerprint density at radius 1 is 1.39 bits per heavy atom. The zero-order valence-electron chi connectivity index (χ0n) is 10.9. The van der Waals surface area contributed by atoms with E-state index in [0.717, 1.165) is 18.0 Å². The van der Waals surface area contributed by atoms with E-state index in [1.165, 1.54) is 38.2 Å². The number of hydrogen-bond acceptors (Lipinski definition) is 1. The maximum atomic E-state index is 13.3. The van der Waals surface area contributed by atoms with E-state index in [1.54, 1.807) is 6.07 Å². The summed E-state index contributed by atoms with van der Waals surface area (Å²) in [5, 5.41) is 3.74. The molecule has 0 aliphatic heterocycles. The van der Waals surface area contributed by atoms with Gasteiger partial charge >= 0.3 is 0 Å². The first-order valence-corrected chi connectivity index (χ1v) is 7.24. The molecule has 0 heterocycles. The summed E-state index contributed by atoms with van der Waals surface area (Å²) in [5.74, 6) is 0.532. The molecule has 1 saturated carbocycles. The molecule has 2 atom stereocenters. The molecule has 18 heavy (non-hydrogen) atoms. The number of rotatable bonds is 4. The third kappa shape index (κ3) is 3.69. The van der Waals surface area contributed by atoms with E-state index in [2.05, 4.69) is 12.2 Å². The summed E-state index contributed by atoms with van der Waals surface area (Å²) in [6, 6.07) is 5.62. The molecule has 1 aromatic rings. The number of benzene rings is 1. The average Bonchev–Trinajstić information content (AvgIpc) is 2.40. The van der Waals surface area contributed by atoms with Gasteiger partial charge in [0.2, 0.25) is 0 Å². The molecule has 1 nitrogen and oxygen atoms in total. The van der Waals surface area contributed by atoms with Crippen molar-refractivity contribution < 1.29 is 4.39 Å². The lowest BCUT2D eigenvalue weighted by molar-refractivity contribution is 0.278. The van der Waals surface area contributed by atoms with Crippen molar-refractivity contribution in [3.63, 3.8) is 0 Å². The highest BCUT2D eigenvalue weighted by atomic mass is 35.5. The standard InChI is InChI=1S/C15H21ClFN/c1-2-11-4-3-5-13(8-11)18-10-12-6-7-14(16)15(17)9-12/h6-7,9,11,13,18H,2-5,8,10H2,1H3. The zero-order chi connectivity index (χ0) is 13.0. The van der Waals surface area contributed by atoms with Gasteiger partial charge in [0.1, 0.15) is 5.82 Å². The fourth-order valence-electron chi connectivity index (χ4n) is 2.76. The van der Waals surface area contributed by atoms with Gasteiger partial charge < -0.3 is 5.32 Å². The van der Waals surface area contributed by atoms with Gasteiger partial charge in [-0.3, -0.25) is 0 Å². The predicted octanol–water partition coefficient (Wildman–Crippen LogP) is 4.54. The van der Waals surface area contributed by atoms with Gasteiger partial charge in [-0.15, -0.1) is 0 Å². The lowest BCUT2D eigenvalue weighted by Gasteiger charge is -2.29. The van der Waals surface area contributed by atoms with Gasteiger partial charge in [0.25, 0.3) is 0 Å². The molecule has 1 aliphatic rings. The second-order valence-corrected chi connectivity index (χ2v) is 5.67. The molecule has 2 rings (SSSR count). The Hall–Kier alpha value is -0.600. The predicted molar refractivity (Wildman–Crippen MR) is 74.3 cm³/mol. The molecular weight excluding hydrogens is 249 g/mol. The van der Waals surface area contributed by atoms with Crippen molar-refractivity contribution in [1.29, 1.82) is 0 Å². The molecule has 0 aromatic heterocycles. The molecule has 0 saturated heterocycles. The van der Waals surface area contributed by atoms with Crippen molar-refractivity contribution in [3.05, 3.63) is 34.6 Å². The minimum Gasteiger partial charge on any atom is -0.310 e. The second-order valence-electron chi connectivity index (χ2n) is 5.27. The van der Waals surface area contributed by atoms with Gasteiger partial charge in [-0.05, 0) is 36.5 Å². The Balaban J connectivity index is 1.85. The molecule has 1 fully saturated rings. The van der Waals surface area contributed by atoms with Crippen LogP contribution in [-0.4, -0.2) is 6.04 Å². The Morgan fingerprint density at radius 3 is 2.94 bits per heavy atom. The molecule has 1 aliphatic carbocycles. The molecule has 0 radical (unpaired) electrons. The van der Waals surface area contributed by atoms with Crippen LogP contribution in [0.25, 0.3) is 0 Å². The number of hydrogen-bond donors (Lipinski definition) is 1. The van der Waals surface area contributed by atoms with E-state index in [9.17, 15) is 4.39 Å². The van der Waals surface area contributed by atoms with Gasteiger partial charge in [-0.1, -0.05) is 43.9 Å². The van der Waals surface area contributed by atoms with Gasteiger partial charge in [-0.2, -0.15) is 0 Å². The van der Waals surface area contributed by atoms with Crippen LogP contribution in [0.5, 0.6) is 0 Å². The van der Waals surface area contributed by atoms with E-state index in [0.29, 0.717) is 6.04 Å². The van der Waals surface area contributed by atoms with Crippen LogP contribution in [-0.2, 0) is 6.54 Å². The largest absolute Gasteiger partial charge is 0.310 e. The Bertz CT molecular complexity index is 394. The lowest BCUT2D eigenvalue weighted by atomic mass is 9.84. The van der Waals surface area contributed by atoms with Crippen molar-refractivity contribution in [3.8, 4) is 0 Å². The molecule has 0 bridgehead atoms. The fraction of sp³-hybridized carbons (Fsp3) is 0.600. The summed E-state index contributed by atoms with van der Waals surface area (Å²) in [7, 11) is 0. The van der Waals surface area contributed by atoms with Crippen LogP contribution in [0.15, 0.2) is 18.2 Å². The van der Waals surface area contributed by atoms with E-state index < -0.39 is 0 Å². The fourth-order valence-corrected chi connectivity index (χ4v) is 2.88. The topological polar surface area (TPSA) is 12.0 Å². The normalized spacial score (nSPS) is 24.2. The van der Waals surface area contributed by atoms with Crippen molar-refractivity contribution in [2.24, 2.45) is 5.92 Å². The molecule has 100 valence electrons. The summed E-state index contributed by atoms with van der Waals surface area (Å²) in [6.07, 6.45) is 6.45. The molecule has 2 unspecified atom stereocenters. The Morgan fingerprint density at radius 2 is 2.22 bits per heavy atom. The van der Waals surface area contributed by atoms with Gasteiger partial charge in [-0.25, -0.2) is 4.39 Å². The van der Waals surface area contributed by atoms with Crippen molar-refractivity contribution in [2.75, 3.05) is 0 Å². The highest BCUT2D eigenvalue weighted by Gasteiger charge is 2.20. The van der Waals surface area contributed by atoms with E-state index >= 15 is 0 Å². The van der Waals surface area contributed by atoms with Crippen LogP contribution in [0.2, 0.25) is 5.02 Å². The maximum absolute atomic E-state index is 13.3. The molecule has 0 amide bonds. The minimum absolute atomic E-state index is 0.197. The quantitative estimate of drug-likeness (QED) is 0.846. The van der Waals surface area contributed by atoms with Gasteiger partial charge in [0.15, 0.2) is 0 Å². The minimum atomic E-state index is -0.328. The zero-order valence-corrected chi connectivity index (χ0v) is 11.6. The lowest BCUT2D eigenvalue weighted by Crippen LogP contribution is -2.33.